The van der Waals surface area contributed by atoms with E-state index >= 15 is 0 Å². The Kier molecular flexibility index (Phi) is 6.53. The SMILES string of the molecule is Cc1cccc(Cn2c(C)c(C=Nn3c(-c4cccc(C(F)(F)F)c4)nc4ccccc4c3=O)c3ccccc32)c1. The van der Waals surface area contributed by atoms with Crippen molar-refractivity contribution in [3.8, 4) is 11.4 Å². The topological polar surface area (TPSA) is 52.2 Å². The minimum absolute atomic E-state index is 0.0252. The van der Waals surface area contributed by atoms with Gasteiger partial charge in [0.2, 0.25) is 0 Å². The van der Waals surface area contributed by atoms with E-state index in [9.17, 15) is 18.0 Å². The summed E-state index contributed by atoms with van der Waals surface area (Å²) in [5, 5.41) is 5.83. The van der Waals surface area contributed by atoms with Crippen LogP contribution in [-0.2, 0) is 12.7 Å². The normalized spacial score (nSPS) is 12.1. The Morgan fingerprint density at radius 3 is 2.37 bits per heavy atom. The molecule has 0 aliphatic carbocycles. The highest BCUT2D eigenvalue weighted by molar-refractivity contribution is 6.01. The van der Waals surface area contributed by atoms with Crippen LogP contribution in [0.5, 0.6) is 0 Å². The van der Waals surface area contributed by atoms with Gasteiger partial charge in [-0.05, 0) is 49.7 Å². The van der Waals surface area contributed by atoms with Gasteiger partial charge in [0, 0.05) is 34.3 Å². The first kappa shape index (κ1) is 26.3. The van der Waals surface area contributed by atoms with Crippen LogP contribution in [0.3, 0.4) is 0 Å². The summed E-state index contributed by atoms with van der Waals surface area (Å²) in [5.74, 6) is 0.0252. The van der Waals surface area contributed by atoms with Gasteiger partial charge in [-0.2, -0.15) is 22.9 Å². The van der Waals surface area contributed by atoms with Crippen LogP contribution in [0, 0.1) is 13.8 Å². The Morgan fingerprint density at radius 1 is 0.854 bits per heavy atom. The zero-order valence-corrected chi connectivity index (χ0v) is 22.4. The van der Waals surface area contributed by atoms with Crippen LogP contribution in [0.4, 0.5) is 13.2 Å². The molecule has 0 N–H and O–H groups in total. The Labute approximate surface area is 233 Å². The molecule has 5 nitrogen and oxygen atoms in total. The van der Waals surface area contributed by atoms with Gasteiger partial charge in [-0.25, -0.2) is 4.98 Å². The molecule has 0 fully saturated rings. The first-order valence-corrected chi connectivity index (χ1v) is 13.1. The molecule has 204 valence electrons. The second kappa shape index (κ2) is 10.2. The molecule has 0 amide bonds. The Hall–Kier alpha value is -4.98. The number of benzene rings is 4. The zero-order valence-electron chi connectivity index (χ0n) is 22.4. The number of para-hydroxylation sites is 2. The lowest BCUT2D eigenvalue weighted by Crippen LogP contribution is -2.20. The monoisotopic (exact) mass is 550 g/mol. The molecule has 0 bridgehead atoms. The van der Waals surface area contributed by atoms with Gasteiger partial charge in [-0.15, -0.1) is 0 Å². The van der Waals surface area contributed by atoms with E-state index in [1.54, 1.807) is 30.5 Å². The molecule has 2 aromatic heterocycles. The summed E-state index contributed by atoms with van der Waals surface area (Å²) in [5.41, 5.74) is 4.30. The number of aryl methyl sites for hydroxylation is 1. The number of nitrogens with zero attached hydrogens (tertiary/aromatic N) is 4. The lowest BCUT2D eigenvalue weighted by atomic mass is 10.1. The third kappa shape index (κ3) is 4.93. The van der Waals surface area contributed by atoms with Gasteiger partial charge in [0.15, 0.2) is 5.82 Å². The molecule has 41 heavy (non-hydrogen) atoms. The number of halogens is 3. The van der Waals surface area contributed by atoms with Crippen molar-refractivity contribution in [1.29, 1.82) is 0 Å². The average Bonchev–Trinajstić information content (AvgIpc) is 3.22. The molecular weight excluding hydrogens is 525 g/mol. The number of fused-ring (bicyclic) bond motifs is 2. The maximum Gasteiger partial charge on any atom is 0.416 e. The van der Waals surface area contributed by atoms with Crippen molar-refractivity contribution in [2.24, 2.45) is 5.10 Å². The lowest BCUT2D eigenvalue weighted by Gasteiger charge is -2.12. The van der Waals surface area contributed by atoms with E-state index in [-0.39, 0.29) is 11.4 Å². The summed E-state index contributed by atoms with van der Waals surface area (Å²) >= 11 is 0. The largest absolute Gasteiger partial charge is 0.416 e. The Morgan fingerprint density at radius 2 is 1.59 bits per heavy atom. The molecule has 0 aliphatic rings. The fraction of sp³-hybridized carbons (Fsp3) is 0.121. The van der Waals surface area contributed by atoms with E-state index in [4.69, 9.17) is 0 Å². The molecule has 0 atom stereocenters. The molecule has 0 unspecified atom stereocenters. The summed E-state index contributed by atoms with van der Waals surface area (Å²) < 4.78 is 43.9. The van der Waals surface area contributed by atoms with Crippen molar-refractivity contribution in [2.75, 3.05) is 0 Å². The van der Waals surface area contributed by atoms with E-state index in [1.807, 2.05) is 37.3 Å². The van der Waals surface area contributed by atoms with Crippen LogP contribution in [0.1, 0.15) is 27.9 Å². The van der Waals surface area contributed by atoms with Gasteiger partial charge in [-0.3, -0.25) is 4.79 Å². The fourth-order valence-corrected chi connectivity index (χ4v) is 5.19. The zero-order chi connectivity index (χ0) is 28.7. The highest BCUT2D eigenvalue weighted by Crippen LogP contribution is 2.32. The van der Waals surface area contributed by atoms with E-state index < -0.39 is 17.3 Å². The second-order valence-corrected chi connectivity index (χ2v) is 9.98. The van der Waals surface area contributed by atoms with Crippen LogP contribution in [0.2, 0.25) is 0 Å². The average molecular weight is 551 g/mol. The minimum Gasteiger partial charge on any atom is -0.340 e. The summed E-state index contributed by atoms with van der Waals surface area (Å²) in [6, 6.07) is 27.7. The van der Waals surface area contributed by atoms with Crippen molar-refractivity contribution < 1.29 is 13.2 Å². The van der Waals surface area contributed by atoms with Crippen LogP contribution in [0.15, 0.2) is 107 Å². The number of alkyl halides is 3. The number of hydrogen-bond acceptors (Lipinski definition) is 3. The molecule has 0 radical (unpaired) electrons. The molecule has 2 heterocycles. The summed E-state index contributed by atoms with van der Waals surface area (Å²) in [7, 11) is 0. The van der Waals surface area contributed by atoms with Gasteiger partial charge in [0.25, 0.3) is 5.56 Å². The van der Waals surface area contributed by atoms with Crippen molar-refractivity contribution in [2.45, 2.75) is 26.6 Å². The van der Waals surface area contributed by atoms with Gasteiger partial charge < -0.3 is 4.57 Å². The quantitative estimate of drug-likeness (QED) is 0.208. The van der Waals surface area contributed by atoms with Crippen molar-refractivity contribution in [3.63, 3.8) is 0 Å². The maximum absolute atomic E-state index is 13.6. The third-order valence-corrected chi connectivity index (χ3v) is 7.21. The van der Waals surface area contributed by atoms with E-state index in [1.165, 1.54) is 17.7 Å². The second-order valence-electron chi connectivity index (χ2n) is 9.98. The van der Waals surface area contributed by atoms with E-state index in [2.05, 4.69) is 39.8 Å². The Bertz CT molecular complexity index is 2020. The number of rotatable bonds is 5. The Balaban J connectivity index is 1.53. The minimum atomic E-state index is -4.54. The van der Waals surface area contributed by atoms with Gasteiger partial charge in [0.05, 0.1) is 22.7 Å². The number of hydrogen-bond donors (Lipinski definition) is 0. The highest BCUT2D eigenvalue weighted by atomic mass is 19.4. The predicted octanol–water partition coefficient (Wildman–Crippen LogP) is 7.58. The van der Waals surface area contributed by atoms with Crippen LogP contribution in [-0.4, -0.2) is 20.4 Å². The van der Waals surface area contributed by atoms with Gasteiger partial charge in [0.1, 0.15) is 0 Å². The van der Waals surface area contributed by atoms with Gasteiger partial charge >= 0.3 is 6.18 Å². The first-order valence-electron chi connectivity index (χ1n) is 13.1. The highest BCUT2D eigenvalue weighted by Gasteiger charge is 2.31. The van der Waals surface area contributed by atoms with Crippen LogP contribution < -0.4 is 5.56 Å². The molecule has 6 aromatic rings. The summed E-state index contributed by atoms with van der Waals surface area (Å²) in [6.07, 6.45) is -2.95. The van der Waals surface area contributed by atoms with Gasteiger partial charge in [-0.1, -0.05) is 72.3 Å². The van der Waals surface area contributed by atoms with Crippen molar-refractivity contribution in [1.82, 2.24) is 14.2 Å². The molecular formula is C33H25F3N4O. The summed E-state index contributed by atoms with van der Waals surface area (Å²) in [6.45, 7) is 4.70. The van der Waals surface area contributed by atoms with Crippen molar-refractivity contribution >= 4 is 28.0 Å². The van der Waals surface area contributed by atoms with E-state index in [0.717, 1.165) is 44.5 Å². The first-order chi connectivity index (χ1) is 19.7. The standard InChI is InChI=1S/C33H25F3N4O/c1-21-9-7-10-23(17-21)20-39-22(2)28(26-13-4-6-16-30(26)39)19-37-40-31(24-11-8-12-25(18-24)33(34,35)36)38-29-15-5-3-14-27(29)32(40)41/h3-19H,20H2,1-2H3. The molecule has 4 aromatic carbocycles. The maximum atomic E-state index is 13.6. The lowest BCUT2D eigenvalue weighted by molar-refractivity contribution is -0.137. The smallest absolute Gasteiger partial charge is 0.340 e. The molecule has 0 saturated heterocycles. The molecule has 0 saturated carbocycles. The number of aromatic nitrogens is 3. The molecule has 0 spiro atoms. The van der Waals surface area contributed by atoms with Crippen molar-refractivity contribution in [3.05, 3.63) is 135 Å². The molecule has 0 aliphatic heterocycles. The van der Waals surface area contributed by atoms with Crippen LogP contribution in [0.25, 0.3) is 33.2 Å². The third-order valence-electron chi connectivity index (χ3n) is 7.21. The molecule has 8 heteroatoms. The van der Waals surface area contributed by atoms with Crippen LogP contribution >= 0.6 is 0 Å². The molecule has 6 rings (SSSR count). The van der Waals surface area contributed by atoms with E-state index in [0.29, 0.717) is 17.4 Å². The fourth-order valence-electron chi connectivity index (χ4n) is 5.19. The predicted molar refractivity (Wildman–Crippen MR) is 156 cm³/mol. The summed E-state index contributed by atoms with van der Waals surface area (Å²) in [4.78, 5) is 18.2.